The molecule has 0 bridgehead atoms. The molecule has 1 fully saturated rings. The van der Waals surface area contributed by atoms with Crippen molar-refractivity contribution in [1.29, 1.82) is 0 Å². The van der Waals surface area contributed by atoms with Crippen molar-refractivity contribution in [2.24, 2.45) is 0 Å². The summed E-state index contributed by atoms with van der Waals surface area (Å²) < 4.78 is 28.4. The van der Waals surface area contributed by atoms with Gasteiger partial charge in [-0.2, -0.15) is 4.31 Å². The summed E-state index contributed by atoms with van der Waals surface area (Å²) in [6.45, 7) is 5.63. The van der Waals surface area contributed by atoms with Crippen LogP contribution in [0.5, 0.6) is 0 Å². The molecule has 0 spiro atoms. The van der Waals surface area contributed by atoms with Gasteiger partial charge < -0.3 is 9.80 Å². The van der Waals surface area contributed by atoms with Crippen molar-refractivity contribution < 1.29 is 13.2 Å². The summed E-state index contributed by atoms with van der Waals surface area (Å²) in [7, 11) is -4.00. The van der Waals surface area contributed by atoms with E-state index in [2.05, 4.69) is 4.90 Å². The van der Waals surface area contributed by atoms with E-state index in [1.54, 1.807) is 47.4 Å². The van der Waals surface area contributed by atoms with Crippen molar-refractivity contribution in [3.8, 4) is 0 Å². The monoisotopic (exact) mass is 579 g/mol. The Morgan fingerprint density at radius 3 is 2.14 bits per heavy atom. The van der Waals surface area contributed by atoms with Crippen LogP contribution in [0, 0.1) is 13.8 Å². The summed E-state index contributed by atoms with van der Waals surface area (Å²) in [5.74, 6) is -0.277. The van der Waals surface area contributed by atoms with E-state index in [1.165, 1.54) is 0 Å². The summed E-state index contributed by atoms with van der Waals surface area (Å²) >= 11 is 18.9. The van der Waals surface area contributed by atoms with E-state index in [4.69, 9.17) is 34.8 Å². The molecule has 10 heteroatoms. The van der Waals surface area contributed by atoms with Crippen LogP contribution in [0.4, 0.5) is 5.69 Å². The van der Waals surface area contributed by atoms with Crippen LogP contribution in [0.15, 0.2) is 65.6 Å². The van der Waals surface area contributed by atoms with Crippen molar-refractivity contribution in [2.45, 2.75) is 25.3 Å². The number of anilines is 1. The number of sulfonamides is 1. The summed E-state index contributed by atoms with van der Waals surface area (Å²) in [6, 6.07) is 17.3. The molecule has 37 heavy (non-hydrogen) atoms. The van der Waals surface area contributed by atoms with Gasteiger partial charge in [-0.15, -0.1) is 0 Å². The van der Waals surface area contributed by atoms with Crippen molar-refractivity contribution in [3.05, 3.63) is 92.4 Å². The van der Waals surface area contributed by atoms with Crippen LogP contribution in [0.25, 0.3) is 0 Å². The summed E-state index contributed by atoms with van der Waals surface area (Å²) in [5.41, 5.74) is 3.53. The highest BCUT2D eigenvalue weighted by Crippen LogP contribution is 2.29. The van der Waals surface area contributed by atoms with Gasteiger partial charge in [0, 0.05) is 59.0 Å². The van der Waals surface area contributed by atoms with Crippen LogP contribution in [-0.4, -0.2) is 56.3 Å². The Balaban J connectivity index is 1.54. The van der Waals surface area contributed by atoms with E-state index >= 15 is 0 Å². The lowest BCUT2D eigenvalue weighted by Crippen LogP contribution is -2.52. The Hall–Kier alpha value is -2.29. The molecule has 0 atom stereocenters. The molecule has 0 saturated carbocycles. The van der Waals surface area contributed by atoms with E-state index in [0.717, 1.165) is 21.1 Å². The largest absolute Gasteiger partial charge is 0.368 e. The maximum Gasteiger partial charge on any atom is 0.243 e. The van der Waals surface area contributed by atoms with Crippen molar-refractivity contribution in [1.82, 2.24) is 9.21 Å². The third-order valence-electron chi connectivity index (χ3n) is 6.51. The summed E-state index contributed by atoms with van der Waals surface area (Å²) in [6.07, 6.45) is 0. The zero-order valence-electron chi connectivity index (χ0n) is 20.6. The minimum Gasteiger partial charge on any atom is -0.368 e. The number of aryl methyl sites for hydroxylation is 2. The number of hydrogen-bond donors (Lipinski definition) is 0. The van der Waals surface area contributed by atoms with Gasteiger partial charge in [0.15, 0.2) is 0 Å². The molecule has 0 unspecified atom stereocenters. The molecule has 4 rings (SSSR count). The van der Waals surface area contributed by atoms with Gasteiger partial charge in [0.2, 0.25) is 15.9 Å². The van der Waals surface area contributed by atoms with Gasteiger partial charge in [0.05, 0.1) is 11.4 Å². The highest BCUT2D eigenvalue weighted by molar-refractivity contribution is 7.89. The van der Waals surface area contributed by atoms with Crippen LogP contribution in [0.2, 0.25) is 15.1 Å². The van der Waals surface area contributed by atoms with Crippen molar-refractivity contribution in [2.75, 3.05) is 37.6 Å². The smallest absolute Gasteiger partial charge is 0.243 e. The zero-order chi connectivity index (χ0) is 26.7. The number of nitrogens with zero attached hydrogens (tertiary/aromatic N) is 3. The van der Waals surface area contributed by atoms with Gasteiger partial charge >= 0.3 is 0 Å². The predicted octanol–water partition coefficient (Wildman–Crippen LogP) is 5.80. The molecule has 3 aromatic rings. The molecule has 0 aliphatic carbocycles. The standard InChI is InChI=1S/C27H28Cl3N3O3S/c1-19-6-10-22(11-7-19)37(35,36)33(17-23-24(29)4-3-5-25(23)30)18-27(34)32-14-12-31(13-15-32)26-16-21(28)9-8-20(26)2/h3-11,16H,12-15,17-18H2,1-2H3. The first-order chi connectivity index (χ1) is 17.6. The quantitative estimate of drug-likeness (QED) is 0.354. The van der Waals surface area contributed by atoms with Crippen LogP contribution in [-0.2, 0) is 21.4 Å². The van der Waals surface area contributed by atoms with Crippen LogP contribution >= 0.6 is 34.8 Å². The number of benzene rings is 3. The average Bonchev–Trinajstić information content (AvgIpc) is 2.87. The lowest BCUT2D eigenvalue weighted by Gasteiger charge is -2.37. The van der Waals surface area contributed by atoms with Crippen LogP contribution in [0.1, 0.15) is 16.7 Å². The fourth-order valence-electron chi connectivity index (χ4n) is 4.32. The number of hydrogen-bond acceptors (Lipinski definition) is 4. The molecule has 6 nitrogen and oxygen atoms in total. The fraction of sp³-hybridized carbons (Fsp3) is 0.296. The number of amides is 1. The van der Waals surface area contributed by atoms with Gasteiger partial charge in [-0.25, -0.2) is 8.42 Å². The number of halogens is 3. The molecule has 0 N–H and O–H groups in total. The Labute approximate surface area is 233 Å². The topological polar surface area (TPSA) is 60.9 Å². The minimum atomic E-state index is -4.00. The van der Waals surface area contributed by atoms with Gasteiger partial charge in [-0.3, -0.25) is 4.79 Å². The van der Waals surface area contributed by atoms with Crippen molar-refractivity contribution >= 4 is 56.4 Å². The SMILES string of the molecule is Cc1ccc(S(=O)(=O)N(CC(=O)N2CCN(c3cc(Cl)ccc3C)CC2)Cc2c(Cl)cccc2Cl)cc1. The third kappa shape index (κ3) is 6.41. The average molecular weight is 581 g/mol. The highest BCUT2D eigenvalue weighted by atomic mass is 35.5. The number of carbonyl (C=O) groups is 1. The maximum absolute atomic E-state index is 13.6. The minimum absolute atomic E-state index is 0.107. The number of piperazine rings is 1. The Kier molecular flexibility index (Phi) is 8.71. The Morgan fingerprint density at radius 2 is 1.51 bits per heavy atom. The molecule has 1 amide bonds. The first-order valence-electron chi connectivity index (χ1n) is 11.8. The number of rotatable bonds is 7. The molecule has 1 heterocycles. The second kappa shape index (κ2) is 11.6. The first kappa shape index (κ1) is 27.7. The second-order valence-corrected chi connectivity index (χ2v) is 12.3. The fourth-order valence-corrected chi connectivity index (χ4v) is 6.36. The molecule has 1 aliphatic heterocycles. The molecule has 0 aromatic heterocycles. The molecular formula is C27H28Cl3N3O3S. The van der Waals surface area contributed by atoms with Crippen LogP contribution in [0.3, 0.4) is 0 Å². The summed E-state index contributed by atoms with van der Waals surface area (Å²) in [4.78, 5) is 17.4. The highest BCUT2D eigenvalue weighted by Gasteiger charge is 2.31. The molecule has 196 valence electrons. The van der Waals surface area contributed by atoms with Gasteiger partial charge in [-0.05, 0) is 55.8 Å². The molecule has 0 radical (unpaired) electrons. The molecule has 1 aliphatic rings. The second-order valence-electron chi connectivity index (χ2n) is 9.09. The normalized spacial score (nSPS) is 14.3. The summed E-state index contributed by atoms with van der Waals surface area (Å²) in [5, 5.41) is 1.35. The van der Waals surface area contributed by atoms with E-state index < -0.39 is 10.0 Å². The van der Waals surface area contributed by atoms with E-state index in [-0.39, 0.29) is 23.9 Å². The van der Waals surface area contributed by atoms with E-state index in [0.29, 0.717) is 46.8 Å². The van der Waals surface area contributed by atoms with Crippen LogP contribution < -0.4 is 4.90 Å². The zero-order valence-corrected chi connectivity index (χ0v) is 23.7. The van der Waals surface area contributed by atoms with Gasteiger partial charge in [-0.1, -0.05) is 64.6 Å². The maximum atomic E-state index is 13.6. The third-order valence-corrected chi connectivity index (χ3v) is 9.26. The molecule has 1 saturated heterocycles. The van der Waals surface area contributed by atoms with Gasteiger partial charge in [0.1, 0.15) is 0 Å². The predicted molar refractivity (Wildman–Crippen MR) is 150 cm³/mol. The number of carbonyl (C=O) groups excluding carboxylic acids is 1. The Morgan fingerprint density at radius 1 is 0.892 bits per heavy atom. The first-order valence-corrected chi connectivity index (χ1v) is 14.4. The molecular weight excluding hydrogens is 553 g/mol. The lowest BCUT2D eigenvalue weighted by atomic mass is 10.1. The molecule has 3 aromatic carbocycles. The van der Waals surface area contributed by atoms with Crippen molar-refractivity contribution in [3.63, 3.8) is 0 Å². The lowest BCUT2D eigenvalue weighted by molar-refractivity contribution is -0.131. The Bertz CT molecular complexity index is 1370. The van der Waals surface area contributed by atoms with E-state index in [9.17, 15) is 13.2 Å². The van der Waals surface area contributed by atoms with E-state index in [1.807, 2.05) is 32.0 Å². The van der Waals surface area contributed by atoms with Gasteiger partial charge in [0.25, 0.3) is 0 Å².